The lowest BCUT2D eigenvalue weighted by atomic mass is 10.2. The second-order valence-electron chi connectivity index (χ2n) is 3.75. The maximum atomic E-state index is 13.6. The molecule has 0 unspecified atom stereocenters. The van der Waals surface area contributed by atoms with Crippen molar-refractivity contribution in [2.24, 2.45) is 0 Å². The van der Waals surface area contributed by atoms with Gasteiger partial charge in [-0.1, -0.05) is 0 Å². The smallest absolute Gasteiger partial charge is 0.337 e. The third-order valence-electron chi connectivity index (χ3n) is 2.28. The molecule has 0 amide bonds. The summed E-state index contributed by atoms with van der Waals surface area (Å²) in [6, 6.07) is 3.77. The van der Waals surface area contributed by atoms with Gasteiger partial charge in [-0.15, -0.1) is 0 Å². The van der Waals surface area contributed by atoms with Crippen LogP contribution in [0, 0.1) is 5.82 Å². The molecular formula is C11H14FNO5S. The number of nitrogens with one attached hydrogen (secondary N) is 1. The van der Waals surface area contributed by atoms with Crippen molar-refractivity contribution in [3.8, 4) is 0 Å². The Morgan fingerprint density at radius 3 is 2.68 bits per heavy atom. The van der Waals surface area contributed by atoms with E-state index in [-0.39, 0.29) is 24.2 Å². The van der Waals surface area contributed by atoms with E-state index in [1.165, 1.54) is 19.2 Å². The SMILES string of the molecule is COC(=O)c1ccc(NCCCS(=O)(=O)O)c(F)c1. The first-order valence-electron chi connectivity index (χ1n) is 5.40. The Kier molecular flexibility index (Phi) is 5.25. The van der Waals surface area contributed by atoms with Crippen molar-refractivity contribution in [2.75, 3.05) is 24.7 Å². The minimum atomic E-state index is -4.00. The van der Waals surface area contributed by atoms with Crippen LogP contribution in [-0.4, -0.2) is 38.3 Å². The number of methoxy groups -OCH3 is 1. The average molecular weight is 291 g/mol. The fourth-order valence-electron chi connectivity index (χ4n) is 1.38. The lowest BCUT2D eigenvalue weighted by Gasteiger charge is -2.08. The lowest BCUT2D eigenvalue weighted by Crippen LogP contribution is -2.11. The number of benzene rings is 1. The molecule has 0 saturated carbocycles. The molecule has 19 heavy (non-hydrogen) atoms. The largest absolute Gasteiger partial charge is 0.465 e. The molecule has 0 spiro atoms. The number of ether oxygens (including phenoxy) is 1. The molecule has 0 aliphatic heterocycles. The van der Waals surface area contributed by atoms with Gasteiger partial charge in [-0.25, -0.2) is 9.18 Å². The molecule has 1 aromatic rings. The third kappa shape index (κ3) is 5.23. The van der Waals surface area contributed by atoms with E-state index in [9.17, 15) is 17.6 Å². The summed E-state index contributed by atoms with van der Waals surface area (Å²) in [6.45, 7) is 0.175. The van der Waals surface area contributed by atoms with E-state index in [2.05, 4.69) is 10.1 Å². The fourth-order valence-corrected chi connectivity index (χ4v) is 1.89. The van der Waals surface area contributed by atoms with Crippen molar-refractivity contribution in [3.05, 3.63) is 29.6 Å². The normalized spacial score (nSPS) is 11.1. The van der Waals surface area contributed by atoms with Crippen molar-refractivity contribution in [2.45, 2.75) is 6.42 Å². The van der Waals surface area contributed by atoms with Gasteiger partial charge in [0.15, 0.2) is 0 Å². The molecule has 0 aromatic heterocycles. The molecule has 0 fully saturated rings. The molecule has 0 radical (unpaired) electrons. The number of carbonyl (C=O) groups excluding carboxylic acids is 1. The van der Waals surface area contributed by atoms with Crippen LogP contribution < -0.4 is 5.32 Å². The molecule has 0 aliphatic rings. The third-order valence-corrected chi connectivity index (χ3v) is 3.09. The zero-order valence-electron chi connectivity index (χ0n) is 10.2. The van der Waals surface area contributed by atoms with Gasteiger partial charge in [-0.3, -0.25) is 4.55 Å². The predicted molar refractivity (Wildman–Crippen MR) is 67.3 cm³/mol. The molecule has 106 valence electrons. The van der Waals surface area contributed by atoms with E-state index in [0.29, 0.717) is 0 Å². The number of rotatable bonds is 6. The zero-order valence-corrected chi connectivity index (χ0v) is 11.0. The lowest BCUT2D eigenvalue weighted by molar-refractivity contribution is 0.0600. The van der Waals surface area contributed by atoms with Crippen LogP contribution in [0.4, 0.5) is 10.1 Å². The van der Waals surface area contributed by atoms with Gasteiger partial charge in [0, 0.05) is 6.54 Å². The van der Waals surface area contributed by atoms with Gasteiger partial charge < -0.3 is 10.1 Å². The first kappa shape index (κ1) is 15.4. The molecule has 1 aromatic carbocycles. The molecule has 0 saturated heterocycles. The Morgan fingerprint density at radius 2 is 2.16 bits per heavy atom. The molecule has 6 nitrogen and oxygen atoms in total. The van der Waals surface area contributed by atoms with Gasteiger partial charge in [0.05, 0.1) is 24.1 Å². The first-order valence-corrected chi connectivity index (χ1v) is 7.01. The molecule has 0 atom stereocenters. The van der Waals surface area contributed by atoms with Crippen LogP contribution in [0.15, 0.2) is 18.2 Å². The fraction of sp³-hybridized carbons (Fsp3) is 0.364. The van der Waals surface area contributed by atoms with Crippen molar-refractivity contribution in [1.82, 2.24) is 0 Å². The van der Waals surface area contributed by atoms with E-state index in [4.69, 9.17) is 4.55 Å². The van der Waals surface area contributed by atoms with Crippen LogP contribution in [0.2, 0.25) is 0 Å². The van der Waals surface area contributed by atoms with Gasteiger partial charge >= 0.3 is 5.97 Å². The zero-order chi connectivity index (χ0) is 14.5. The molecule has 2 N–H and O–H groups in total. The van der Waals surface area contributed by atoms with E-state index < -0.39 is 27.7 Å². The Balaban J connectivity index is 2.58. The van der Waals surface area contributed by atoms with Crippen LogP contribution >= 0.6 is 0 Å². The minimum absolute atomic E-state index is 0.0866. The first-order chi connectivity index (χ1) is 8.83. The van der Waals surface area contributed by atoms with Crippen LogP contribution in [-0.2, 0) is 14.9 Å². The summed E-state index contributed by atoms with van der Waals surface area (Å²) in [5, 5.41) is 2.67. The standard InChI is InChI=1S/C11H14FNO5S/c1-18-11(14)8-3-4-10(9(12)7-8)13-5-2-6-19(15,16)17/h3-4,7,13H,2,5-6H2,1H3,(H,15,16,17). The van der Waals surface area contributed by atoms with Crippen molar-refractivity contribution >= 4 is 21.8 Å². The van der Waals surface area contributed by atoms with Gasteiger partial charge in [0.25, 0.3) is 10.1 Å². The van der Waals surface area contributed by atoms with Crippen LogP contribution in [0.25, 0.3) is 0 Å². The van der Waals surface area contributed by atoms with Crippen LogP contribution in [0.1, 0.15) is 16.8 Å². The minimum Gasteiger partial charge on any atom is -0.465 e. The van der Waals surface area contributed by atoms with Gasteiger partial charge in [-0.05, 0) is 24.6 Å². The summed E-state index contributed by atoms with van der Waals surface area (Å²) in [5.74, 6) is -1.69. The highest BCUT2D eigenvalue weighted by Crippen LogP contribution is 2.16. The molecule has 0 heterocycles. The number of halogens is 1. The summed E-state index contributed by atoms with van der Waals surface area (Å²) in [5.41, 5.74) is 0.228. The number of anilines is 1. The summed E-state index contributed by atoms with van der Waals surface area (Å²) in [6.07, 6.45) is 0.136. The average Bonchev–Trinajstić information content (AvgIpc) is 2.33. The Hall–Kier alpha value is -1.67. The second-order valence-corrected chi connectivity index (χ2v) is 5.32. The summed E-state index contributed by atoms with van der Waals surface area (Å²) in [7, 11) is -2.81. The molecule has 0 aliphatic carbocycles. The number of hydrogen-bond donors (Lipinski definition) is 2. The molecular weight excluding hydrogens is 277 g/mol. The number of hydrogen-bond acceptors (Lipinski definition) is 5. The van der Waals surface area contributed by atoms with E-state index in [1.54, 1.807) is 0 Å². The van der Waals surface area contributed by atoms with E-state index in [0.717, 1.165) is 6.07 Å². The van der Waals surface area contributed by atoms with Crippen molar-refractivity contribution in [3.63, 3.8) is 0 Å². The summed E-state index contributed by atoms with van der Waals surface area (Å²) in [4.78, 5) is 11.1. The van der Waals surface area contributed by atoms with E-state index >= 15 is 0 Å². The Bertz CT molecular complexity index is 558. The highest BCUT2D eigenvalue weighted by Gasteiger charge is 2.10. The molecule has 0 bridgehead atoms. The number of esters is 1. The molecule has 1 rings (SSSR count). The van der Waals surface area contributed by atoms with E-state index in [1.807, 2.05) is 0 Å². The summed E-state index contributed by atoms with van der Waals surface area (Å²) < 4.78 is 47.5. The highest BCUT2D eigenvalue weighted by molar-refractivity contribution is 7.85. The quantitative estimate of drug-likeness (QED) is 0.466. The molecule has 8 heteroatoms. The highest BCUT2D eigenvalue weighted by atomic mass is 32.2. The predicted octanol–water partition coefficient (Wildman–Crippen LogP) is 1.30. The number of carbonyl (C=O) groups is 1. The maximum absolute atomic E-state index is 13.6. The van der Waals surface area contributed by atoms with Crippen LogP contribution in [0.5, 0.6) is 0 Å². The topological polar surface area (TPSA) is 92.7 Å². The van der Waals surface area contributed by atoms with Crippen molar-refractivity contribution in [1.29, 1.82) is 0 Å². The Labute approximate surface area is 110 Å². The monoisotopic (exact) mass is 291 g/mol. The van der Waals surface area contributed by atoms with Crippen LogP contribution in [0.3, 0.4) is 0 Å². The maximum Gasteiger partial charge on any atom is 0.337 e. The van der Waals surface area contributed by atoms with Gasteiger partial charge in [0.2, 0.25) is 0 Å². The summed E-state index contributed by atoms with van der Waals surface area (Å²) >= 11 is 0. The van der Waals surface area contributed by atoms with Crippen molar-refractivity contribution < 1.29 is 26.9 Å². The Morgan fingerprint density at radius 1 is 1.47 bits per heavy atom. The van der Waals surface area contributed by atoms with Gasteiger partial charge in [0.1, 0.15) is 5.82 Å². The second kappa shape index (κ2) is 6.48. The van der Waals surface area contributed by atoms with Gasteiger partial charge in [-0.2, -0.15) is 8.42 Å².